The fourth-order valence-corrected chi connectivity index (χ4v) is 4.87. The van der Waals surface area contributed by atoms with Gasteiger partial charge in [0.25, 0.3) is 0 Å². The van der Waals surface area contributed by atoms with Gasteiger partial charge in [0, 0.05) is 59.1 Å². The quantitative estimate of drug-likeness (QED) is 0.412. The molecule has 1 aliphatic rings. The lowest BCUT2D eigenvalue weighted by Gasteiger charge is -2.28. The lowest BCUT2D eigenvalue weighted by molar-refractivity contribution is 0.234. The van der Waals surface area contributed by atoms with Gasteiger partial charge in [-0.15, -0.1) is 0 Å². The predicted octanol–water partition coefficient (Wildman–Crippen LogP) is 4.80. The highest BCUT2D eigenvalue weighted by Gasteiger charge is 2.29. The summed E-state index contributed by atoms with van der Waals surface area (Å²) in [5, 5.41) is 21.9. The molecular weight excluding hydrogens is 444 g/mol. The van der Waals surface area contributed by atoms with Gasteiger partial charge in [0.1, 0.15) is 18.0 Å². The van der Waals surface area contributed by atoms with Gasteiger partial charge in [-0.25, -0.2) is 0 Å². The van der Waals surface area contributed by atoms with E-state index in [0.717, 1.165) is 45.1 Å². The summed E-state index contributed by atoms with van der Waals surface area (Å²) in [7, 11) is 4.10. The number of rotatable bonds is 9. The zero-order chi connectivity index (χ0) is 25.5. The average molecular weight is 479 g/mol. The van der Waals surface area contributed by atoms with E-state index < -0.39 is 0 Å². The number of likely N-dealkylation sites (N-methyl/N-ethyl adjacent to an activating group) is 1. The van der Waals surface area contributed by atoms with E-state index in [1.54, 1.807) is 0 Å². The molecule has 6 heteroatoms. The Morgan fingerprint density at radius 2 is 1.58 bits per heavy atom. The molecule has 0 atom stereocenters. The second-order valence-corrected chi connectivity index (χ2v) is 9.40. The van der Waals surface area contributed by atoms with Crippen LogP contribution in [0.2, 0.25) is 0 Å². The summed E-state index contributed by atoms with van der Waals surface area (Å²) < 4.78 is 0. The Kier molecular flexibility index (Phi) is 8.10. The monoisotopic (exact) mass is 478 g/mol. The van der Waals surface area contributed by atoms with Crippen molar-refractivity contribution in [2.75, 3.05) is 51.7 Å². The van der Waals surface area contributed by atoms with Gasteiger partial charge in [-0.1, -0.05) is 61.5 Å². The number of anilines is 1. The fraction of sp³-hybridized carbons (Fsp3) is 0.333. The summed E-state index contributed by atoms with van der Waals surface area (Å²) in [6, 6.07) is 27.7. The minimum Gasteiger partial charge on any atom is -0.378 e. The highest BCUT2D eigenvalue weighted by molar-refractivity contribution is 5.85. The zero-order valence-corrected chi connectivity index (χ0v) is 21.5. The second kappa shape index (κ2) is 11.6. The molecule has 0 radical (unpaired) electrons. The lowest BCUT2D eigenvalue weighted by atomic mass is 10.0. The molecule has 6 nitrogen and oxygen atoms in total. The summed E-state index contributed by atoms with van der Waals surface area (Å²) >= 11 is 0. The molecule has 0 unspecified atom stereocenters. The third-order valence-corrected chi connectivity index (χ3v) is 6.92. The van der Waals surface area contributed by atoms with Gasteiger partial charge in [-0.2, -0.15) is 10.5 Å². The molecule has 1 fully saturated rings. The number of nitriles is 2. The van der Waals surface area contributed by atoms with Gasteiger partial charge < -0.3 is 14.7 Å². The summed E-state index contributed by atoms with van der Waals surface area (Å²) in [5.41, 5.74) is 3.88. The molecule has 0 aliphatic carbocycles. The summed E-state index contributed by atoms with van der Waals surface area (Å²) in [5.74, 6) is 0.763. The van der Waals surface area contributed by atoms with Crippen LogP contribution in [0.5, 0.6) is 0 Å². The molecule has 1 aliphatic heterocycles. The maximum atomic E-state index is 9.74. The van der Waals surface area contributed by atoms with E-state index in [-0.39, 0.29) is 5.57 Å². The molecule has 4 rings (SSSR count). The first kappa shape index (κ1) is 25.1. The number of nitrogens with zero attached hydrogens (tertiary/aromatic N) is 6. The number of fused-ring (bicyclic) bond motifs is 1. The van der Waals surface area contributed by atoms with Crippen LogP contribution >= 0.6 is 0 Å². The van der Waals surface area contributed by atoms with Crippen molar-refractivity contribution in [3.8, 4) is 12.1 Å². The van der Waals surface area contributed by atoms with Crippen LogP contribution in [-0.2, 0) is 13.1 Å². The summed E-state index contributed by atoms with van der Waals surface area (Å²) in [6.45, 7) is 7.91. The Hall–Kier alpha value is -4.00. The summed E-state index contributed by atoms with van der Waals surface area (Å²) in [4.78, 5) is 8.92. The van der Waals surface area contributed by atoms with E-state index in [9.17, 15) is 10.5 Å². The predicted molar refractivity (Wildman–Crippen MR) is 146 cm³/mol. The lowest BCUT2D eigenvalue weighted by Crippen LogP contribution is -2.34. The van der Waals surface area contributed by atoms with Crippen LogP contribution in [-0.4, -0.2) is 61.5 Å². The highest BCUT2D eigenvalue weighted by atomic mass is 15.4. The van der Waals surface area contributed by atoms with Crippen molar-refractivity contribution in [2.24, 2.45) is 0 Å². The van der Waals surface area contributed by atoms with Gasteiger partial charge in [0.2, 0.25) is 0 Å². The Balaban J connectivity index is 1.48. The van der Waals surface area contributed by atoms with Crippen molar-refractivity contribution in [1.82, 2.24) is 14.7 Å². The molecule has 0 aromatic heterocycles. The first-order chi connectivity index (χ1) is 17.5. The van der Waals surface area contributed by atoms with Gasteiger partial charge in [-0.3, -0.25) is 4.90 Å². The van der Waals surface area contributed by atoms with Crippen LogP contribution in [0.25, 0.3) is 10.8 Å². The Bertz CT molecular complexity index is 1270. The van der Waals surface area contributed by atoms with Crippen molar-refractivity contribution >= 4 is 16.5 Å². The van der Waals surface area contributed by atoms with Crippen LogP contribution < -0.4 is 4.90 Å². The van der Waals surface area contributed by atoms with E-state index >= 15 is 0 Å². The molecule has 0 bridgehead atoms. The molecule has 0 saturated carbocycles. The summed E-state index contributed by atoms with van der Waals surface area (Å²) in [6.07, 6.45) is 0. The molecule has 0 amide bonds. The molecule has 0 spiro atoms. The number of hydrogen-bond acceptors (Lipinski definition) is 6. The highest BCUT2D eigenvalue weighted by Crippen LogP contribution is 2.27. The molecule has 1 heterocycles. The first-order valence-electron chi connectivity index (χ1n) is 12.5. The zero-order valence-electron chi connectivity index (χ0n) is 21.5. The Labute approximate surface area is 214 Å². The minimum absolute atomic E-state index is 0.190. The van der Waals surface area contributed by atoms with Crippen molar-refractivity contribution in [3.63, 3.8) is 0 Å². The van der Waals surface area contributed by atoms with E-state index in [1.807, 2.05) is 0 Å². The number of allylic oxidation sites excluding steroid dienone is 1. The van der Waals surface area contributed by atoms with Crippen molar-refractivity contribution in [3.05, 3.63) is 89.3 Å². The Morgan fingerprint density at radius 3 is 2.28 bits per heavy atom. The van der Waals surface area contributed by atoms with E-state index in [4.69, 9.17) is 0 Å². The SMILES string of the molecule is CCN(CCN1CCN(Cc2cccc3ccccc23)C1=C(C#N)C#N)Cc1ccc(N(C)C)cc1. The molecule has 36 heavy (non-hydrogen) atoms. The second-order valence-electron chi connectivity index (χ2n) is 9.40. The molecule has 1 saturated heterocycles. The van der Waals surface area contributed by atoms with E-state index in [0.29, 0.717) is 6.54 Å². The number of benzene rings is 3. The normalized spacial score (nSPS) is 13.2. The third-order valence-electron chi connectivity index (χ3n) is 6.92. The first-order valence-corrected chi connectivity index (χ1v) is 12.5. The van der Waals surface area contributed by atoms with Crippen LogP contribution in [0.1, 0.15) is 18.1 Å². The van der Waals surface area contributed by atoms with Crippen LogP contribution in [0.15, 0.2) is 78.1 Å². The van der Waals surface area contributed by atoms with Gasteiger partial charge in [0.15, 0.2) is 5.57 Å². The van der Waals surface area contributed by atoms with Crippen LogP contribution in [0, 0.1) is 22.7 Å². The molecule has 184 valence electrons. The maximum Gasteiger partial charge on any atom is 0.169 e. The van der Waals surface area contributed by atoms with Crippen LogP contribution in [0.4, 0.5) is 5.69 Å². The van der Waals surface area contributed by atoms with Gasteiger partial charge in [0.05, 0.1) is 0 Å². The smallest absolute Gasteiger partial charge is 0.169 e. The largest absolute Gasteiger partial charge is 0.378 e. The average Bonchev–Trinajstić information content (AvgIpc) is 3.30. The maximum absolute atomic E-state index is 9.74. The van der Waals surface area contributed by atoms with Crippen molar-refractivity contribution < 1.29 is 0 Å². The molecule has 3 aromatic carbocycles. The molecule has 3 aromatic rings. The molecule has 0 N–H and O–H groups in total. The fourth-order valence-electron chi connectivity index (χ4n) is 4.87. The standard InChI is InChI=1S/C30H34N6/c1-4-34(22-24-12-14-28(15-13-24)33(2)3)16-17-35-18-19-36(30(35)27(20-31)21-32)23-26-10-7-9-25-8-5-6-11-29(25)26/h5-15H,4,16-19,22-23H2,1-3H3. The topological polar surface area (TPSA) is 60.5 Å². The number of hydrogen-bond donors (Lipinski definition) is 0. The van der Waals surface area contributed by atoms with Gasteiger partial charge in [-0.05, 0) is 40.6 Å². The van der Waals surface area contributed by atoms with Crippen molar-refractivity contribution in [1.29, 1.82) is 10.5 Å². The minimum atomic E-state index is 0.190. The van der Waals surface area contributed by atoms with Crippen molar-refractivity contribution in [2.45, 2.75) is 20.0 Å². The third kappa shape index (κ3) is 5.62. The van der Waals surface area contributed by atoms with Crippen LogP contribution in [0.3, 0.4) is 0 Å². The Morgan fingerprint density at radius 1 is 0.889 bits per heavy atom. The van der Waals surface area contributed by atoms with E-state index in [2.05, 4.69) is 119 Å². The molecular formula is C30H34N6. The van der Waals surface area contributed by atoms with E-state index in [1.165, 1.54) is 27.6 Å². The van der Waals surface area contributed by atoms with Gasteiger partial charge >= 0.3 is 0 Å².